The van der Waals surface area contributed by atoms with E-state index in [0.29, 0.717) is 4.90 Å². The Morgan fingerprint density at radius 3 is 2.79 bits per heavy atom. The molecule has 1 aromatic carbocycles. The average Bonchev–Trinajstić information content (AvgIpc) is 2.15. The van der Waals surface area contributed by atoms with Gasteiger partial charge in [-0.2, -0.15) is 8.42 Å². The Hall–Kier alpha value is -0.640. The predicted molar refractivity (Wildman–Crippen MR) is 43.8 cm³/mol. The van der Waals surface area contributed by atoms with Gasteiger partial charge >= 0.3 is 10.1 Å². The zero-order chi connectivity index (χ0) is 10.0. The lowest BCUT2D eigenvalue weighted by atomic mass is 10.4. The van der Waals surface area contributed by atoms with Crippen molar-refractivity contribution in [3.8, 4) is 0 Å². The van der Waals surface area contributed by atoms with Crippen LogP contribution in [0.3, 0.4) is 0 Å². The molecule has 6 nitrogen and oxygen atoms in total. The van der Waals surface area contributed by atoms with Crippen LogP contribution in [-0.4, -0.2) is 8.42 Å². The summed E-state index contributed by atoms with van der Waals surface area (Å²) in [6.45, 7) is 0. The number of fused-ring (bicyclic) bond motifs is 1. The third-order valence-electron chi connectivity index (χ3n) is 1.42. The van der Waals surface area contributed by atoms with Crippen LogP contribution >= 0.6 is 12.0 Å². The molecule has 2 rings (SSSR count). The zero-order valence-electron chi connectivity index (χ0n) is 6.58. The van der Waals surface area contributed by atoms with E-state index in [0.717, 1.165) is 12.0 Å². The molecule has 14 heavy (non-hydrogen) atoms. The van der Waals surface area contributed by atoms with Gasteiger partial charge in [0.25, 0.3) is 0 Å². The minimum absolute atomic E-state index is 0.0340. The van der Waals surface area contributed by atoms with E-state index < -0.39 is 10.1 Å². The van der Waals surface area contributed by atoms with E-state index in [1.807, 2.05) is 0 Å². The summed E-state index contributed by atoms with van der Waals surface area (Å²) in [6, 6.07) is 6.14. The largest absolute Gasteiger partial charge is 0.326 e. The van der Waals surface area contributed by atoms with Gasteiger partial charge in [0, 0.05) is 0 Å². The molecule has 0 unspecified atom stereocenters. The van der Waals surface area contributed by atoms with Crippen molar-refractivity contribution in [2.75, 3.05) is 0 Å². The second-order valence-electron chi connectivity index (χ2n) is 2.26. The van der Waals surface area contributed by atoms with Crippen LogP contribution in [0.2, 0.25) is 0 Å². The molecule has 0 atom stereocenters. The lowest BCUT2D eigenvalue weighted by Crippen LogP contribution is -2.10. The van der Waals surface area contributed by atoms with Crippen molar-refractivity contribution in [3.63, 3.8) is 0 Å². The van der Waals surface area contributed by atoms with Gasteiger partial charge in [-0.3, -0.25) is 0 Å². The lowest BCUT2D eigenvalue weighted by molar-refractivity contribution is -0.572. The normalized spacial score (nSPS) is 20.6. The first-order valence-corrected chi connectivity index (χ1v) is 5.55. The van der Waals surface area contributed by atoms with Gasteiger partial charge < -0.3 is 0 Å². The van der Waals surface area contributed by atoms with E-state index in [1.54, 1.807) is 18.2 Å². The second kappa shape index (κ2) is 3.85. The molecule has 1 aliphatic heterocycles. The van der Waals surface area contributed by atoms with Crippen LogP contribution in [0.5, 0.6) is 0 Å². The number of hydrogen-bond donors (Lipinski definition) is 0. The lowest BCUT2D eigenvalue weighted by Gasteiger charge is -2.09. The molecule has 1 aromatic rings. The van der Waals surface area contributed by atoms with E-state index in [1.165, 1.54) is 6.07 Å². The summed E-state index contributed by atoms with van der Waals surface area (Å²) in [6.07, 6.45) is 0. The summed E-state index contributed by atoms with van der Waals surface area (Å²) in [4.78, 5) is 0.323. The molecule has 76 valence electrons. The molecule has 0 bridgehead atoms. The van der Waals surface area contributed by atoms with Crippen LogP contribution in [0, 0.1) is 0 Å². The summed E-state index contributed by atoms with van der Waals surface area (Å²) in [5.41, 5.74) is 0. The quantitative estimate of drug-likeness (QED) is 0.495. The van der Waals surface area contributed by atoms with Crippen LogP contribution < -0.4 is 0 Å². The van der Waals surface area contributed by atoms with Gasteiger partial charge in [0.05, 0.1) is 16.9 Å². The highest BCUT2D eigenvalue weighted by molar-refractivity contribution is 7.95. The molecular formula is C6H4O6S2. The van der Waals surface area contributed by atoms with Crippen molar-refractivity contribution in [3.05, 3.63) is 24.3 Å². The van der Waals surface area contributed by atoms with Crippen molar-refractivity contribution in [1.82, 2.24) is 0 Å². The first-order chi connectivity index (χ1) is 6.70. The summed E-state index contributed by atoms with van der Waals surface area (Å²) in [7, 11) is -3.95. The van der Waals surface area contributed by atoms with Crippen LogP contribution in [0.25, 0.3) is 0 Å². The molecule has 0 fully saturated rings. The SMILES string of the molecule is O=S1(=O)OOOOSc2ccccc21. The molecule has 0 aromatic heterocycles. The van der Waals surface area contributed by atoms with E-state index in [9.17, 15) is 8.42 Å². The Bertz CT molecular complexity index is 428. The van der Waals surface area contributed by atoms with E-state index in [-0.39, 0.29) is 4.90 Å². The third kappa shape index (κ3) is 1.90. The Morgan fingerprint density at radius 1 is 1.14 bits per heavy atom. The Kier molecular flexibility index (Phi) is 2.72. The molecule has 1 heterocycles. The van der Waals surface area contributed by atoms with Crippen molar-refractivity contribution in [2.45, 2.75) is 9.79 Å². The first kappa shape index (κ1) is 9.90. The van der Waals surface area contributed by atoms with E-state index >= 15 is 0 Å². The molecule has 0 N–H and O–H groups in total. The zero-order valence-corrected chi connectivity index (χ0v) is 8.21. The molecule has 0 amide bonds. The second-order valence-corrected chi connectivity index (χ2v) is 4.48. The summed E-state index contributed by atoms with van der Waals surface area (Å²) >= 11 is 0.719. The monoisotopic (exact) mass is 236 g/mol. The van der Waals surface area contributed by atoms with Gasteiger partial charge in [-0.25, -0.2) is 0 Å². The average molecular weight is 236 g/mol. The molecular weight excluding hydrogens is 232 g/mol. The van der Waals surface area contributed by atoms with Gasteiger partial charge in [0.1, 0.15) is 4.90 Å². The maximum absolute atomic E-state index is 11.3. The first-order valence-electron chi connectivity index (χ1n) is 3.40. The molecule has 0 aliphatic carbocycles. The van der Waals surface area contributed by atoms with Crippen LogP contribution in [0.4, 0.5) is 0 Å². The van der Waals surface area contributed by atoms with Gasteiger partial charge in [-0.1, -0.05) is 16.5 Å². The number of benzene rings is 1. The van der Waals surface area contributed by atoms with Gasteiger partial charge in [0.2, 0.25) is 0 Å². The highest BCUT2D eigenvalue weighted by Crippen LogP contribution is 2.30. The third-order valence-corrected chi connectivity index (χ3v) is 3.33. The van der Waals surface area contributed by atoms with Gasteiger partial charge in [0.15, 0.2) is 0 Å². The Labute approximate surface area is 83.8 Å². The molecule has 0 radical (unpaired) electrons. The van der Waals surface area contributed by atoms with Crippen molar-refractivity contribution in [2.24, 2.45) is 0 Å². The number of rotatable bonds is 0. The molecule has 0 spiro atoms. The van der Waals surface area contributed by atoms with Crippen molar-refractivity contribution >= 4 is 22.2 Å². The van der Waals surface area contributed by atoms with Crippen LogP contribution in [0.1, 0.15) is 0 Å². The highest BCUT2D eigenvalue weighted by atomic mass is 32.2. The maximum atomic E-state index is 11.3. The highest BCUT2D eigenvalue weighted by Gasteiger charge is 2.24. The topological polar surface area (TPSA) is 71.1 Å². The molecule has 8 heteroatoms. The molecule has 1 aliphatic rings. The Balaban J connectivity index is 2.53. The number of hydrogen-bond acceptors (Lipinski definition) is 7. The summed E-state index contributed by atoms with van der Waals surface area (Å²) in [5, 5.41) is 7.74. The van der Waals surface area contributed by atoms with Crippen LogP contribution in [-0.2, 0) is 28.9 Å². The fraction of sp³-hybridized carbons (Fsp3) is 0. The van der Waals surface area contributed by atoms with Crippen molar-refractivity contribution in [1.29, 1.82) is 0 Å². The standard InChI is InChI=1S/C6H4O6S2/c7-14(8)6-4-2-1-3-5(6)13-11-9-10-12-14/h1-4H. The minimum Gasteiger partial charge on any atom is -0.191 e. The fourth-order valence-corrected chi connectivity index (χ4v) is 2.42. The summed E-state index contributed by atoms with van der Waals surface area (Å²) < 4.78 is 31.1. The maximum Gasteiger partial charge on any atom is 0.326 e. The van der Waals surface area contributed by atoms with Gasteiger partial charge in [-0.15, -0.1) is 4.33 Å². The van der Waals surface area contributed by atoms with E-state index in [2.05, 4.69) is 18.7 Å². The van der Waals surface area contributed by atoms with E-state index in [4.69, 9.17) is 0 Å². The van der Waals surface area contributed by atoms with Crippen molar-refractivity contribution < 1.29 is 27.2 Å². The molecule has 0 saturated carbocycles. The smallest absolute Gasteiger partial charge is 0.191 e. The Morgan fingerprint density at radius 2 is 1.93 bits per heavy atom. The van der Waals surface area contributed by atoms with Gasteiger partial charge in [-0.05, 0) is 22.2 Å². The minimum atomic E-state index is -3.95. The van der Waals surface area contributed by atoms with Crippen LogP contribution in [0.15, 0.2) is 34.1 Å². The fourth-order valence-electron chi connectivity index (χ4n) is 0.872. The summed E-state index contributed by atoms with van der Waals surface area (Å²) in [5.74, 6) is 0. The molecule has 0 saturated heterocycles. The predicted octanol–water partition coefficient (Wildman–Crippen LogP) is 1.21.